The number of benzene rings is 2. The molecule has 0 saturated carbocycles. The van der Waals surface area contributed by atoms with E-state index in [9.17, 15) is 0 Å². The lowest BCUT2D eigenvalue weighted by Gasteiger charge is -2.26. The number of hydrogen-bond donors (Lipinski definition) is 1. The van der Waals surface area contributed by atoms with Gasteiger partial charge in [-0.05, 0) is 54.1 Å². The number of nitrogens with one attached hydrogen (secondary N) is 1. The summed E-state index contributed by atoms with van der Waals surface area (Å²) in [4.78, 5) is 0. The van der Waals surface area contributed by atoms with Gasteiger partial charge in [-0.3, -0.25) is 0 Å². The molecular formula is C18H19Cl2N. The number of halogens is 2. The fraction of sp³-hybridized carbons (Fsp3) is 0.333. The van der Waals surface area contributed by atoms with Crippen LogP contribution in [0, 0.1) is 5.92 Å². The summed E-state index contributed by atoms with van der Waals surface area (Å²) in [6, 6.07) is 14.8. The Morgan fingerprint density at radius 1 is 1.10 bits per heavy atom. The van der Waals surface area contributed by atoms with Crippen LogP contribution in [0.5, 0.6) is 0 Å². The van der Waals surface area contributed by atoms with E-state index in [0.29, 0.717) is 10.9 Å². The molecule has 0 heterocycles. The van der Waals surface area contributed by atoms with Crippen molar-refractivity contribution in [2.45, 2.75) is 25.8 Å². The van der Waals surface area contributed by atoms with Crippen molar-refractivity contribution in [3.63, 3.8) is 0 Å². The lowest BCUT2D eigenvalue weighted by atomic mass is 9.90. The summed E-state index contributed by atoms with van der Waals surface area (Å²) in [5.41, 5.74) is 4.09. The van der Waals surface area contributed by atoms with Gasteiger partial charge in [0, 0.05) is 16.1 Å². The van der Waals surface area contributed by atoms with E-state index in [2.05, 4.69) is 42.6 Å². The molecular weight excluding hydrogens is 301 g/mol. The maximum atomic E-state index is 6.43. The number of hydrogen-bond acceptors (Lipinski definition) is 1. The molecule has 21 heavy (non-hydrogen) atoms. The van der Waals surface area contributed by atoms with Gasteiger partial charge in [-0.15, -0.1) is 0 Å². The van der Waals surface area contributed by atoms with E-state index in [-0.39, 0.29) is 6.04 Å². The smallest absolute Gasteiger partial charge is 0.0468 e. The number of fused-ring (bicyclic) bond motifs is 1. The van der Waals surface area contributed by atoms with Crippen LogP contribution in [0.15, 0.2) is 42.5 Å². The zero-order valence-electron chi connectivity index (χ0n) is 12.1. The van der Waals surface area contributed by atoms with Crippen LogP contribution in [0.3, 0.4) is 0 Å². The van der Waals surface area contributed by atoms with Crippen molar-refractivity contribution in [3.8, 4) is 0 Å². The average Bonchev–Trinajstić information content (AvgIpc) is 2.89. The quantitative estimate of drug-likeness (QED) is 0.830. The van der Waals surface area contributed by atoms with Gasteiger partial charge in [0.1, 0.15) is 0 Å². The monoisotopic (exact) mass is 319 g/mol. The van der Waals surface area contributed by atoms with Crippen LogP contribution in [0.1, 0.15) is 29.7 Å². The van der Waals surface area contributed by atoms with Crippen LogP contribution < -0.4 is 5.32 Å². The molecule has 110 valence electrons. The third-order valence-electron chi connectivity index (χ3n) is 4.28. The van der Waals surface area contributed by atoms with Crippen molar-refractivity contribution >= 4 is 23.2 Å². The summed E-state index contributed by atoms with van der Waals surface area (Å²) >= 11 is 12.5. The summed E-state index contributed by atoms with van der Waals surface area (Å²) in [7, 11) is 0. The molecule has 1 N–H and O–H groups in total. The van der Waals surface area contributed by atoms with Crippen LogP contribution in [0.2, 0.25) is 10.0 Å². The van der Waals surface area contributed by atoms with Crippen molar-refractivity contribution < 1.29 is 0 Å². The fourth-order valence-electron chi connectivity index (χ4n) is 3.33. The Morgan fingerprint density at radius 3 is 2.33 bits per heavy atom. The van der Waals surface area contributed by atoms with E-state index in [1.165, 1.54) is 11.1 Å². The first kappa shape index (κ1) is 14.9. The van der Waals surface area contributed by atoms with Gasteiger partial charge in [-0.25, -0.2) is 0 Å². The van der Waals surface area contributed by atoms with E-state index in [4.69, 9.17) is 23.2 Å². The standard InChI is InChI=1S/C18H19Cl2N/c1-2-21-18(16-8-7-15(19)11-17(16)20)14-9-12-5-3-4-6-13(12)10-14/h3-8,11,14,18,21H,2,9-10H2,1H3. The molecule has 0 amide bonds. The molecule has 0 radical (unpaired) electrons. The first-order valence-corrected chi connectivity index (χ1v) is 8.19. The maximum Gasteiger partial charge on any atom is 0.0468 e. The van der Waals surface area contributed by atoms with Crippen LogP contribution in [0.4, 0.5) is 0 Å². The van der Waals surface area contributed by atoms with E-state index < -0.39 is 0 Å². The van der Waals surface area contributed by atoms with Gasteiger partial charge >= 0.3 is 0 Å². The minimum absolute atomic E-state index is 0.271. The molecule has 0 saturated heterocycles. The van der Waals surface area contributed by atoms with Gasteiger partial charge in [0.05, 0.1) is 0 Å². The zero-order valence-corrected chi connectivity index (χ0v) is 13.6. The molecule has 1 aliphatic carbocycles. The van der Waals surface area contributed by atoms with Crippen LogP contribution in [-0.4, -0.2) is 6.54 Å². The highest BCUT2D eigenvalue weighted by molar-refractivity contribution is 6.35. The Labute approximate surface area is 136 Å². The summed E-state index contributed by atoms with van der Waals surface area (Å²) in [6.07, 6.45) is 2.21. The Balaban J connectivity index is 1.89. The van der Waals surface area contributed by atoms with Gasteiger partial charge in [-0.2, -0.15) is 0 Å². The molecule has 2 aromatic rings. The second-order valence-corrected chi connectivity index (χ2v) is 6.48. The van der Waals surface area contributed by atoms with Crippen molar-refractivity contribution in [2.24, 2.45) is 5.92 Å². The van der Waals surface area contributed by atoms with Gasteiger partial charge in [-0.1, -0.05) is 60.5 Å². The largest absolute Gasteiger partial charge is 0.310 e. The highest BCUT2D eigenvalue weighted by Gasteiger charge is 2.30. The fourth-order valence-corrected chi connectivity index (χ4v) is 3.86. The number of rotatable bonds is 4. The zero-order chi connectivity index (χ0) is 14.8. The summed E-state index contributed by atoms with van der Waals surface area (Å²) in [6.45, 7) is 3.06. The maximum absolute atomic E-state index is 6.43. The van der Waals surface area contributed by atoms with E-state index in [0.717, 1.165) is 30.0 Å². The summed E-state index contributed by atoms with van der Waals surface area (Å²) in [5.74, 6) is 0.543. The summed E-state index contributed by atoms with van der Waals surface area (Å²) in [5, 5.41) is 5.05. The second kappa shape index (κ2) is 6.39. The minimum Gasteiger partial charge on any atom is -0.310 e. The SMILES string of the molecule is CCNC(c1ccc(Cl)cc1Cl)C1Cc2ccccc2C1. The molecule has 1 aliphatic rings. The lowest BCUT2D eigenvalue weighted by Crippen LogP contribution is -2.29. The van der Waals surface area contributed by atoms with Crippen molar-refractivity contribution in [1.82, 2.24) is 5.32 Å². The Morgan fingerprint density at radius 2 is 1.76 bits per heavy atom. The third-order valence-corrected chi connectivity index (χ3v) is 4.84. The molecule has 1 atom stereocenters. The van der Waals surface area contributed by atoms with Crippen molar-refractivity contribution in [1.29, 1.82) is 0 Å². The van der Waals surface area contributed by atoms with Gasteiger partial charge in [0.25, 0.3) is 0 Å². The molecule has 0 aliphatic heterocycles. The highest BCUT2D eigenvalue weighted by Crippen LogP contribution is 2.38. The third kappa shape index (κ3) is 3.11. The molecule has 3 heteroatoms. The second-order valence-electron chi connectivity index (χ2n) is 5.64. The lowest BCUT2D eigenvalue weighted by molar-refractivity contribution is 0.381. The van der Waals surface area contributed by atoms with E-state index >= 15 is 0 Å². The molecule has 0 bridgehead atoms. The van der Waals surface area contributed by atoms with Crippen molar-refractivity contribution in [2.75, 3.05) is 6.54 Å². The molecule has 1 unspecified atom stereocenters. The van der Waals surface area contributed by atoms with Crippen molar-refractivity contribution in [3.05, 3.63) is 69.2 Å². The Bertz CT molecular complexity index is 614. The molecule has 3 rings (SSSR count). The van der Waals surface area contributed by atoms with E-state index in [1.807, 2.05) is 12.1 Å². The Hall–Kier alpha value is -1.02. The van der Waals surface area contributed by atoms with Gasteiger partial charge in [0.15, 0.2) is 0 Å². The first-order chi connectivity index (χ1) is 10.2. The van der Waals surface area contributed by atoms with Gasteiger partial charge in [0.2, 0.25) is 0 Å². The Kier molecular flexibility index (Phi) is 4.54. The van der Waals surface area contributed by atoms with Crippen LogP contribution >= 0.6 is 23.2 Å². The summed E-state index contributed by atoms with van der Waals surface area (Å²) < 4.78 is 0. The van der Waals surface area contributed by atoms with Crippen LogP contribution in [0.25, 0.3) is 0 Å². The average molecular weight is 320 g/mol. The highest BCUT2D eigenvalue weighted by atomic mass is 35.5. The normalized spacial score (nSPS) is 16.0. The molecule has 0 aromatic heterocycles. The molecule has 0 fully saturated rings. The predicted octanol–water partition coefficient (Wildman–Crippen LogP) is 5.06. The molecule has 1 nitrogen and oxygen atoms in total. The molecule has 2 aromatic carbocycles. The van der Waals surface area contributed by atoms with E-state index in [1.54, 1.807) is 0 Å². The van der Waals surface area contributed by atoms with Gasteiger partial charge < -0.3 is 5.32 Å². The molecule has 0 spiro atoms. The predicted molar refractivity (Wildman–Crippen MR) is 90.2 cm³/mol. The topological polar surface area (TPSA) is 12.0 Å². The first-order valence-electron chi connectivity index (χ1n) is 7.44. The minimum atomic E-state index is 0.271. The van der Waals surface area contributed by atoms with Crippen LogP contribution in [-0.2, 0) is 12.8 Å².